The third-order valence-electron chi connectivity index (χ3n) is 2.46. The maximum absolute atomic E-state index is 5.55. The first kappa shape index (κ1) is 9.16. The van der Waals surface area contributed by atoms with Crippen molar-refractivity contribution in [1.29, 1.82) is 0 Å². The average molecular weight is 186 g/mol. The van der Waals surface area contributed by atoms with Crippen LogP contribution >= 0.6 is 0 Å². The second kappa shape index (κ2) is 3.76. The van der Waals surface area contributed by atoms with E-state index in [4.69, 9.17) is 5.73 Å². The lowest BCUT2D eigenvalue weighted by Gasteiger charge is -2.06. The van der Waals surface area contributed by atoms with Gasteiger partial charge < -0.3 is 5.73 Å². The molecule has 1 aromatic carbocycles. The average Bonchev–Trinajstić information content (AvgIpc) is 2.23. The van der Waals surface area contributed by atoms with Crippen LogP contribution in [0.4, 0.5) is 0 Å². The van der Waals surface area contributed by atoms with Crippen LogP contribution in [0.5, 0.6) is 0 Å². The Bertz CT molecular complexity index is 449. The van der Waals surface area contributed by atoms with E-state index in [1.165, 1.54) is 16.3 Å². The zero-order chi connectivity index (χ0) is 9.97. The number of aryl methyl sites for hydroxylation is 1. The molecule has 1 aromatic heterocycles. The summed E-state index contributed by atoms with van der Waals surface area (Å²) in [6.07, 6.45) is 2.77. The van der Waals surface area contributed by atoms with Gasteiger partial charge in [-0.05, 0) is 24.4 Å². The highest BCUT2D eigenvalue weighted by atomic mass is 14.7. The van der Waals surface area contributed by atoms with Crippen molar-refractivity contribution in [3.8, 4) is 0 Å². The summed E-state index contributed by atoms with van der Waals surface area (Å²) in [5.41, 5.74) is 7.88. The van der Waals surface area contributed by atoms with Crippen molar-refractivity contribution < 1.29 is 0 Å². The molecule has 0 aliphatic heterocycles. The van der Waals surface area contributed by atoms with E-state index < -0.39 is 0 Å². The van der Waals surface area contributed by atoms with Crippen LogP contribution in [0, 0.1) is 6.92 Å². The highest BCUT2D eigenvalue weighted by Crippen LogP contribution is 2.20. The molecule has 0 atom stereocenters. The fourth-order valence-corrected chi connectivity index (χ4v) is 1.73. The number of nitrogens with two attached hydrogens (primary N) is 1. The Morgan fingerprint density at radius 3 is 2.64 bits per heavy atom. The third kappa shape index (κ3) is 1.49. The lowest BCUT2D eigenvalue weighted by Crippen LogP contribution is -2.05. The van der Waals surface area contributed by atoms with Gasteiger partial charge in [-0.2, -0.15) is 0 Å². The molecule has 0 amide bonds. The number of benzene rings is 1. The minimum Gasteiger partial charge on any atom is -0.330 e. The molecule has 2 heteroatoms. The Hall–Kier alpha value is -1.41. The van der Waals surface area contributed by atoms with Gasteiger partial charge in [0.2, 0.25) is 0 Å². The molecule has 2 N–H and O–H groups in total. The predicted octanol–water partition coefficient (Wildman–Crippen LogP) is 2.04. The second-order valence-corrected chi connectivity index (χ2v) is 3.47. The largest absolute Gasteiger partial charge is 0.330 e. The maximum Gasteiger partial charge on any atom is 0.0494 e. The van der Waals surface area contributed by atoms with Crippen LogP contribution in [-0.2, 0) is 6.42 Å². The number of hydrogen-bond acceptors (Lipinski definition) is 2. The third-order valence-corrected chi connectivity index (χ3v) is 2.46. The predicted molar refractivity (Wildman–Crippen MR) is 59.2 cm³/mol. The van der Waals surface area contributed by atoms with Crippen molar-refractivity contribution in [2.75, 3.05) is 6.54 Å². The van der Waals surface area contributed by atoms with Gasteiger partial charge in [-0.1, -0.05) is 24.3 Å². The molecule has 0 spiro atoms. The van der Waals surface area contributed by atoms with Gasteiger partial charge in [0.15, 0.2) is 0 Å². The van der Waals surface area contributed by atoms with Gasteiger partial charge in [-0.25, -0.2) is 0 Å². The fraction of sp³-hybridized carbons (Fsp3) is 0.250. The summed E-state index contributed by atoms with van der Waals surface area (Å²) in [6, 6.07) is 8.34. The topological polar surface area (TPSA) is 38.9 Å². The van der Waals surface area contributed by atoms with E-state index >= 15 is 0 Å². The highest BCUT2D eigenvalue weighted by molar-refractivity contribution is 5.87. The van der Waals surface area contributed by atoms with E-state index in [0.29, 0.717) is 6.54 Å². The van der Waals surface area contributed by atoms with Gasteiger partial charge >= 0.3 is 0 Å². The summed E-state index contributed by atoms with van der Waals surface area (Å²) in [6.45, 7) is 2.74. The van der Waals surface area contributed by atoms with Gasteiger partial charge in [-0.15, -0.1) is 0 Å². The van der Waals surface area contributed by atoms with Gasteiger partial charge in [0, 0.05) is 23.7 Å². The van der Waals surface area contributed by atoms with Gasteiger partial charge in [0.05, 0.1) is 0 Å². The molecule has 0 fully saturated rings. The van der Waals surface area contributed by atoms with Gasteiger partial charge in [0.25, 0.3) is 0 Å². The van der Waals surface area contributed by atoms with Crippen LogP contribution in [0.15, 0.2) is 30.5 Å². The molecule has 2 aromatic rings. The lowest BCUT2D eigenvalue weighted by atomic mass is 10.0. The van der Waals surface area contributed by atoms with Crippen LogP contribution in [0.1, 0.15) is 11.3 Å². The van der Waals surface area contributed by atoms with Crippen molar-refractivity contribution in [3.05, 3.63) is 41.7 Å². The lowest BCUT2D eigenvalue weighted by molar-refractivity contribution is 0.933. The Kier molecular flexibility index (Phi) is 2.46. The number of rotatable bonds is 2. The smallest absolute Gasteiger partial charge is 0.0494 e. The Balaban J connectivity index is 2.68. The molecule has 72 valence electrons. The van der Waals surface area contributed by atoms with Crippen LogP contribution in [0.2, 0.25) is 0 Å². The van der Waals surface area contributed by atoms with Gasteiger partial charge in [-0.3, -0.25) is 4.98 Å². The molecule has 0 aliphatic rings. The number of nitrogens with zero attached hydrogens (tertiary/aromatic N) is 1. The zero-order valence-electron chi connectivity index (χ0n) is 8.33. The Labute approximate surface area is 83.8 Å². The van der Waals surface area contributed by atoms with Crippen LogP contribution in [0.25, 0.3) is 10.8 Å². The van der Waals surface area contributed by atoms with Crippen molar-refractivity contribution in [1.82, 2.24) is 4.98 Å². The Morgan fingerprint density at radius 2 is 1.93 bits per heavy atom. The first-order chi connectivity index (χ1) is 6.83. The van der Waals surface area contributed by atoms with Crippen molar-refractivity contribution in [2.45, 2.75) is 13.3 Å². The number of hydrogen-bond donors (Lipinski definition) is 1. The SMILES string of the molecule is Cc1cnc(CCN)c2ccccc12. The first-order valence-electron chi connectivity index (χ1n) is 4.86. The standard InChI is InChI=1S/C12H14N2/c1-9-8-14-12(6-7-13)11-5-3-2-4-10(9)11/h2-5,8H,6-7,13H2,1H3. The summed E-state index contributed by atoms with van der Waals surface area (Å²) in [7, 11) is 0. The second-order valence-electron chi connectivity index (χ2n) is 3.47. The molecule has 0 radical (unpaired) electrons. The minimum atomic E-state index is 0.653. The van der Waals surface area contributed by atoms with E-state index in [9.17, 15) is 0 Å². The molecular weight excluding hydrogens is 172 g/mol. The molecule has 2 nitrogen and oxygen atoms in total. The number of fused-ring (bicyclic) bond motifs is 1. The van der Waals surface area contributed by atoms with E-state index in [1.807, 2.05) is 12.3 Å². The summed E-state index contributed by atoms with van der Waals surface area (Å²) in [5, 5.41) is 2.52. The maximum atomic E-state index is 5.55. The monoisotopic (exact) mass is 186 g/mol. The summed E-state index contributed by atoms with van der Waals surface area (Å²) in [4.78, 5) is 4.42. The molecule has 0 saturated carbocycles. The highest BCUT2D eigenvalue weighted by Gasteiger charge is 2.02. The molecule has 14 heavy (non-hydrogen) atoms. The molecular formula is C12H14N2. The normalized spacial score (nSPS) is 10.7. The van der Waals surface area contributed by atoms with Crippen LogP contribution in [-0.4, -0.2) is 11.5 Å². The van der Waals surface area contributed by atoms with E-state index in [0.717, 1.165) is 12.1 Å². The van der Waals surface area contributed by atoms with Crippen LogP contribution < -0.4 is 5.73 Å². The van der Waals surface area contributed by atoms with Gasteiger partial charge in [0.1, 0.15) is 0 Å². The van der Waals surface area contributed by atoms with Crippen molar-refractivity contribution in [3.63, 3.8) is 0 Å². The molecule has 1 heterocycles. The quantitative estimate of drug-likeness (QED) is 0.779. The number of aromatic nitrogens is 1. The van der Waals surface area contributed by atoms with E-state index in [2.05, 4.69) is 30.1 Å². The number of pyridine rings is 1. The van der Waals surface area contributed by atoms with Crippen molar-refractivity contribution >= 4 is 10.8 Å². The summed E-state index contributed by atoms with van der Waals surface area (Å²) >= 11 is 0. The Morgan fingerprint density at radius 1 is 1.21 bits per heavy atom. The molecule has 0 saturated heterocycles. The fourth-order valence-electron chi connectivity index (χ4n) is 1.73. The minimum absolute atomic E-state index is 0.653. The van der Waals surface area contributed by atoms with E-state index in [1.54, 1.807) is 0 Å². The molecule has 0 bridgehead atoms. The zero-order valence-corrected chi connectivity index (χ0v) is 8.33. The van der Waals surface area contributed by atoms with Crippen molar-refractivity contribution in [2.24, 2.45) is 5.73 Å². The summed E-state index contributed by atoms with van der Waals surface area (Å²) < 4.78 is 0. The van der Waals surface area contributed by atoms with E-state index in [-0.39, 0.29) is 0 Å². The molecule has 2 rings (SSSR count). The first-order valence-corrected chi connectivity index (χ1v) is 4.86. The molecule has 0 aliphatic carbocycles. The van der Waals surface area contributed by atoms with Crippen LogP contribution in [0.3, 0.4) is 0 Å². The summed E-state index contributed by atoms with van der Waals surface area (Å²) in [5.74, 6) is 0. The molecule has 0 unspecified atom stereocenters.